The first-order valence-corrected chi connectivity index (χ1v) is 9.30. The lowest BCUT2D eigenvalue weighted by molar-refractivity contribution is 0.0954. The molecule has 0 atom stereocenters. The van der Waals surface area contributed by atoms with Gasteiger partial charge in [-0.2, -0.15) is 5.10 Å². The molecule has 0 aliphatic carbocycles. The van der Waals surface area contributed by atoms with Crippen molar-refractivity contribution < 1.29 is 14.3 Å². The van der Waals surface area contributed by atoms with Crippen LogP contribution < -0.4 is 20.1 Å². The Morgan fingerprint density at radius 1 is 1.07 bits per heavy atom. The van der Waals surface area contributed by atoms with Crippen molar-refractivity contribution in [3.8, 4) is 17.3 Å². The molecule has 0 spiro atoms. The predicted octanol–water partition coefficient (Wildman–Crippen LogP) is 2.16. The molecule has 1 aliphatic heterocycles. The Hall–Kier alpha value is -3.62. The van der Waals surface area contributed by atoms with Gasteiger partial charge in [-0.15, -0.1) is 0 Å². The van der Waals surface area contributed by atoms with Crippen LogP contribution in [0.15, 0.2) is 30.3 Å². The first-order chi connectivity index (χ1) is 14.0. The van der Waals surface area contributed by atoms with Crippen molar-refractivity contribution in [3.63, 3.8) is 0 Å². The van der Waals surface area contributed by atoms with E-state index in [4.69, 9.17) is 9.47 Å². The normalized spacial score (nSPS) is 12.1. The summed E-state index contributed by atoms with van der Waals surface area (Å²) in [6.45, 7) is 6.90. The Morgan fingerprint density at radius 3 is 2.69 bits per heavy atom. The molecule has 0 saturated carbocycles. The molecule has 2 N–H and O–H groups in total. The minimum absolute atomic E-state index is 0.174. The molecular weight excluding hydrogens is 372 g/mol. The third kappa shape index (κ3) is 4.13. The number of aromatic nitrogens is 4. The van der Waals surface area contributed by atoms with E-state index < -0.39 is 0 Å². The summed E-state index contributed by atoms with van der Waals surface area (Å²) in [7, 11) is 0. The molecule has 2 aromatic heterocycles. The summed E-state index contributed by atoms with van der Waals surface area (Å²) >= 11 is 0. The molecule has 0 saturated heterocycles. The van der Waals surface area contributed by atoms with Crippen LogP contribution in [-0.2, 0) is 0 Å². The molecule has 0 bridgehead atoms. The molecule has 0 unspecified atom stereocenters. The van der Waals surface area contributed by atoms with Gasteiger partial charge in [-0.05, 0) is 45.0 Å². The third-order valence-electron chi connectivity index (χ3n) is 4.40. The second kappa shape index (κ2) is 7.78. The third-order valence-corrected chi connectivity index (χ3v) is 4.40. The number of hydrogen-bond acceptors (Lipinski definition) is 7. The highest BCUT2D eigenvalue weighted by Gasteiger charge is 2.16. The van der Waals surface area contributed by atoms with Crippen LogP contribution >= 0.6 is 0 Å². The maximum atomic E-state index is 12.3. The summed E-state index contributed by atoms with van der Waals surface area (Å²) in [4.78, 5) is 21.2. The Bertz CT molecular complexity index is 1060. The predicted molar refractivity (Wildman–Crippen MR) is 107 cm³/mol. The summed E-state index contributed by atoms with van der Waals surface area (Å²) in [5.74, 6) is 3.09. The molecule has 3 aromatic rings. The molecule has 0 radical (unpaired) electrons. The Labute approximate surface area is 168 Å². The number of aryl methyl sites for hydroxylation is 3. The maximum Gasteiger partial charge on any atom is 0.251 e. The molecular formula is C20H22N6O3. The van der Waals surface area contributed by atoms with E-state index >= 15 is 0 Å². The van der Waals surface area contributed by atoms with E-state index in [1.165, 1.54) is 0 Å². The Balaban J connectivity index is 1.35. The van der Waals surface area contributed by atoms with Crippen molar-refractivity contribution in [2.45, 2.75) is 20.8 Å². The SMILES string of the molecule is Cc1cc(C)n(-c2cc(NCCNC(=O)c3ccc4c(c3)OCO4)nc(C)n2)n1. The van der Waals surface area contributed by atoms with Crippen LogP contribution in [0.4, 0.5) is 5.82 Å². The Kier molecular flexibility index (Phi) is 5.03. The second-order valence-corrected chi connectivity index (χ2v) is 6.75. The molecule has 9 heteroatoms. The number of rotatable bonds is 6. The van der Waals surface area contributed by atoms with Gasteiger partial charge in [-0.3, -0.25) is 4.79 Å². The summed E-state index contributed by atoms with van der Waals surface area (Å²) in [5, 5.41) is 10.6. The van der Waals surface area contributed by atoms with Gasteiger partial charge in [0.15, 0.2) is 17.3 Å². The Morgan fingerprint density at radius 2 is 1.90 bits per heavy atom. The van der Waals surface area contributed by atoms with E-state index in [0.717, 1.165) is 11.4 Å². The lowest BCUT2D eigenvalue weighted by Gasteiger charge is -2.10. The number of hydrogen-bond donors (Lipinski definition) is 2. The van der Waals surface area contributed by atoms with Gasteiger partial charge in [0.1, 0.15) is 11.6 Å². The van der Waals surface area contributed by atoms with Gasteiger partial charge in [-0.25, -0.2) is 14.6 Å². The average molecular weight is 394 g/mol. The van der Waals surface area contributed by atoms with Crippen molar-refractivity contribution in [2.75, 3.05) is 25.2 Å². The van der Waals surface area contributed by atoms with Crippen LogP contribution in [0.3, 0.4) is 0 Å². The topological polar surface area (TPSA) is 103 Å². The van der Waals surface area contributed by atoms with Crippen LogP contribution in [0.1, 0.15) is 27.6 Å². The van der Waals surface area contributed by atoms with E-state index in [2.05, 4.69) is 25.7 Å². The number of nitrogens with one attached hydrogen (secondary N) is 2. The molecule has 1 aliphatic rings. The van der Waals surface area contributed by atoms with Gasteiger partial charge in [0.05, 0.1) is 5.69 Å². The minimum Gasteiger partial charge on any atom is -0.454 e. The quantitative estimate of drug-likeness (QED) is 0.618. The van der Waals surface area contributed by atoms with Crippen LogP contribution in [-0.4, -0.2) is 45.5 Å². The van der Waals surface area contributed by atoms with Crippen molar-refractivity contribution in [1.82, 2.24) is 25.1 Å². The van der Waals surface area contributed by atoms with Gasteiger partial charge in [-0.1, -0.05) is 0 Å². The van der Waals surface area contributed by atoms with Gasteiger partial charge < -0.3 is 20.1 Å². The number of carbonyl (C=O) groups excluding carboxylic acids is 1. The lowest BCUT2D eigenvalue weighted by Crippen LogP contribution is -2.29. The van der Waals surface area contributed by atoms with Crippen molar-refractivity contribution in [2.24, 2.45) is 0 Å². The number of anilines is 1. The molecule has 29 heavy (non-hydrogen) atoms. The summed E-state index contributed by atoms with van der Waals surface area (Å²) in [5.41, 5.74) is 2.46. The molecule has 0 fully saturated rings. The van der Waals surface area contributed by atoms with Crippen LogP contribution in [0.25, 0.3) is 5.82 Å². The molecule has 3 heterocycles. The number of nitrogens with zero attached hydrogens (tertiary/aromatic N) is 4. The van der Waals surface area contributed by atoms with Gasteiger partial charge in [0, 0.05) is 30.4 Å². The summed E-state index contributed by atoms with van der Waals surface area (Å²) in [6, 6.07) is 8.96. The van der Waals surface area contributed by atoms with Crippen molar-refractivity contribution in [3.05, 3.63) is 53.1 Å². The van der Waals surface area contributed by atoms with Gasteiger partial charge >= 0.3 is 0 Å². The number of carbonyl (C=O) groups is 1. The van der Waals surface area contributed by atoms with Gasteiger partial charge in [0.2, 0.25) is 6.79 Å². The zero-order valence-electron chi connectivity index (χ0n) is 16.5. The zero-order chi connectivity index (χ0) is 20.4. The molecule has 1 amide bonds. The van der Waals surface area contributed by atoms with Crippen LogP contribution in [0.5, 0.6) is 11.5 Å². The summed E-state index contributed by atoms with van der Waals surface area (Å²) < 4.78 is 12.4. The molecule has 1 aromatic carbocycles. The second-order valence-electron chi connectivity index (χ2n) is 6.75. The maximum absolute atomic E-state index is 12.3. The number of benzene rings is 1. The fourth-order valence-corrected chi connectivity index (χ4v) is 3.12. The lowest BCUT2D eigenvalue weighted by atomic mass is 10.2. The van der Waals surface area contributed by atoms with Crippen LogP contribution in [0.2, 0.25) is 0 Å². The molecule has 150 valence electrons. The van der Waals surface area contributed by atoms with E-state index in [0.29, 0.717) is 47.6 Å². The summed E-state index contributed by atoms with van der Waals surface area (Å²) in [6.07, 6.45) is 0. The van der Waals surface area contributed by atoms with E-state index in [-0.39, 0.29) is 12.7 Å². The number of fused-ring (bicyclic) bond motifs is 1. The van der Waals surface area contributed by atoms with Crippen molar-refractivity contribution in [1.29, 1.82) is 0 Å². The number of amides is 1. The smallest absolute Gasteiger partial charge is 0.251 e. The van der Waals surface area contributed by atoms with E-state index in [1.807, 2.05) is 32.9 Å². The first-order valence-electron chi connectivity index (χ1n) is 9.30. The van der Waals surface area contributed by atoms with E-state index in [9.17, 15) is 4.79 Å². The minimum atomic E-state index is -0.174. The monoisotopic (exact) mass is 394 g/mol. The number of ether oxygens (including phenoxy) is 2. The highest BCUT2D eigenvalue weighted by Crippen LogP contribution is 2.32. The van der Waals surface area contributed by atoms with Crippen LogP contribution in [0, 0.1) is 20.8 Å². The largest absolute Gasteiger partial charge is 0.454 e. The highest BCUT2D eigenvalue weighted by molar-refractivity contribution is 5.94. The fourth-order valence-electron chi connectivity index (χ4n) is 3.12. The average Bonchev–Trinajstić information content (AvgIpc) is 3.29. The fraction of sp³-hybridized carbons (Fsp3) is 0.300. The zero-order valence-corrected chi connectivity index (χ0v) is 16.5. The van der Waals surface area contributed by atoms with Gasteiger partial charge in [0.25, 0.3) is 5.91 Å². The molecule has 4 rings (SSSR count). The molecule has 9 nitrogen and oxygen atoms in total. The van der Waals surface area contributed by atoms with Crippen molar-refractivity contribution >= 4 is 11.7 Å². The van der Waals surface area contributed by atoms with E-state index in [1.54, 1.807) is 22.9 Å². The first kappa shape index (κ1) is 18.7. The highest BCUT2D eigenvalue weighted by atomic mass is 16.7. The standard InChI is InChI=1S/C20H22N6O3/c1-12-8-13(2)26(25-12)19-10-18(23-14(3)24-19)21-6-7-22-20(27)15-4-5-16-17(9-15)29-11-28-16/h4-5,8-10H,6-7,11H2,1-3H3,(H,22,27)(H,21,23,24).